The summed E-state index contributed by atoms with van der Waals surface area (Å²) in [5.74, 6) is 1.40. The molecule has 112 valence electrons. The highest BCUT2D eigenvalue weighted by molar-refractivity contribution is 7.12. The van der Waals surface area contributed by atoms with Crippen molar-refractivity contribution < 1.29 is 33.3 Å². The van der Waals surface area contributed by atoms with Crippen LogP contribution in [0.15, 0.2) is 17.5 Å². The van der Waals surface area contributed by atoms with Gasteiger partial charge in [0.15, 0.2) is 5.78 Å². The van der Waals surface area contributed by atoms with E-state index in [1.807, 2.05) is 17.5 Å². The molecule has 1 aromatic rings. The molecule has 0 amide bonds. The molecule has 2 bridgehead atoms. The first-order valence-electron chi connectivity index (χ1n) is 7.67. The second kappa shape index (κ2) is 6.88. The lowest BCUT2D eigenvalue weighted by Gasteiger charge is -2.52. The summed E-state index contributed by atoms with van der Waals surface area (Å²) in [7, 11) is 0. The molecule has 0 aliphatic carbocycles. The molecule has 3 aliphatic rings. The molecule has 3 aliphatic heterocycles. The molecule has 0 aromatic carbocycles. The number of carbonyl (C=O) groups is 1. The summed E-state index contributed by atoms with van der Waals surface area (Å²) >= 11 is 1.61. The molecule has 1 unspecified atom stereocenters. The summed E-state index contributed by atoms with van der Waals surface area (Å²) in [5, 5.41) is 2.02. The van der Waals surface area contributed by atoms with Gasteiger partial charge in [-0.3, -0.25) is 4.79 Å². The Kier molecular flexibility index (Phi) is 5.65. The van der Waals surface area contributed by atoms with Crippen molar-refractivity contribution in [2.45, 2.75) is 32.6 Å². The van der Waals surface area contributed by atoms with E-state index in [1.54, 1.807) is 11.3 Å². The maximum Gasteiger partial charge on any atom is 0.181 e. The van der Waals surface area contributed by atoms with Crippen molar-refractivity contribution in [3.8, 4) is 0 Å². The molecule has 3 saturated heterocycles. The lowest BCUT2D eigenvalue weighted by molar-refractivity contribution is -0.945. The number of ketones is 1. The summed E-state index contributed by atoms with van der Waals surface area (Å²) in [5.41, 5.74) is 0. The highest BCUT2D eigenvalue weighted by Crippen LogP contribution is 2.40. The predicted octanol–water partition coefficient (Wildman–Crippen LogP) is 0.592. The zero-order chi connectivity index (χ0) is 13.3. The van der Waals surface area contributed by atoms with E-state index in [1.165, 1.54) is 49.8 Å². The van der Waals surface area contributed by atoms with Gasteiger partial charge in [0.25, 0.3) is 0 Å². The van der Waals surface area contributed by atoms with Gasteiger partial charge in [-0.25, -0.2) is 0 Å². The van der Waals surface area contributed by atoms with E-state index in [9.17, 15) is 4.79 Å². The minimum Gasteiger partial charge on any atom is -1.00 e. The van der Waals surface area contributed by atoms with Crippen LogP contribution in [0, 0.1) is 11.8 Å². The van der Waals surface area contributed by atoms with Crippen LogP contribution >= 0.6 is 11.3 Å². The summed E-state index contributed by atoms with van der Waals surface area (Å²) in [6.45, 7) is 7.31. The average Bonchev–Trinajstić information content (AvgIpc) is 3.00. The summed E-state index contributed by atoms with van der Waals surface area (Å²) in [6, 6.07) is 4.00. The van der Waals surface area contributed by atoms with Crippen LogP contribution in [0.2, 0.25) is 0 Å². The van der Waals surface area contributed by atoms with Crippen molar-refractivity contribution in [3.05, 3.63) is 22.4 Å². The number of carbonyl (C=O) groups excluding carboxylic acids is 1. The monoisotopic (exact) mass is 405 g/mol. The molecule has 4 rings (SSSR count). The SMILES string of the molecule is CCCC[N+]12CCC(CC1)C(C(=O)c1cccs1)C2.[I-]. The molecule has 0 saturated carbocycles. The highest BCUT2D eigenvalue weighted by Gasteiger charge is 2.48. The van der Waals surface area contributed by atoms with Gasteiger partial charge >= 0.3 is 0 Å². The molecule has 1 atom stereocenters. The Morgan fingerprint density at radius 2 is 2.15 bits per heavy atom. The first-order valence-corrected chi connectivity index (χ1v) is 8.55. The third-order valence-electron chi connectivity index (χ3n) is 5.19. The lowest BCUT2D eigenvalue weighted by Crippen LogP contribution is -3.00. The van der Waals surface area contributed by atoms with Gasteiger partial charge in [0.2, 0.25) is 0 Å². The largest absolute Gasteiger partial charge is 1.00 e. The van der Waals surface area contributed by atoms with E-state index in [4.69, 9.17) is 0 Å². The van der Waals surface area contributed by atoms with Crippen molar-refractivity contribution >= 4 is 17.1 Å². The van der Waals surface area contributed by atoms with Crippen LogP contribution in [-0.2, 0) is 0 Å². The van der Waals surface area contributed by atoms with E-state index in [0.29, 0.717) is 17.6 Å². The van der Waals surface area contributed by atoms with Crippen LogP contribution in [0.3, 0.4) is 0 Å². The van der Waals surface area contributed by atoms with E-state index < -0.39 is 0 Å². The Morgan fingerprint density at radius 1 is 1.40 bits per heavy atom. The quantitative estimate of drug-likeness (QED) is 0.398. The van der Waals surface area contributed by atoms with Crippen LogP contribution in [0.25, 0.3) is 0 Å². The van der Waals surface area contributed by atoms with E-state index >= 15 is 0 Å². The Labute approximate surface area is 143 Å². The van der Waals surface area contributed by atoms with Gasteiger partial charge in [0, 0.05) is 12.8 Å². The van der Waals surface area contributed by atoms with Gasteiger partial charge in [0.05, 0.1) is 37.0 Å². The molecule has 0 N–H and O–H groups in total. The van der Waals surface area contributed by atoms with E-state index in [2.05, 4.69) is 6.92 Å². The first kappa shape index (κ1) is 16.4. The van der Waals surface area contributed by atoms with Crippen molar-refractivity contribution in [3.63, 3.8) is 0 Å². The van der Waals surface area contributed by atoms with E-state index in [-0.39, 0.29) is 24.0 Å². The van der Waals surface area contributed by atoms with Gasteiger partial charge in [-0.15, -0.1) is 11.3 Å². The minimum absolute atomic E-state index is 0. The fraction of sp³-hybridized carbons (Fsp3) is 0.688. The molecule has 20 heavy (non-hydrogen) atoms. The summed E-state index contributed by atoms with van der Waals surface area (Å²) < 4.78 is 1.23. The second-order valence-electron chi connectivity index (χ2n) is 6.33. The lowest BCUT2D eigenvalue weighted by atomic mass is 9.74. The number of hydrogen-bond donors (Lipinski definition) is 0. The topological polar surface area (TPSA) is 17.1 Å². The van der Waals surface area contributed by atoms with Gasteiger partial charge in [-0.2, -0.15) is 0 Å². The Hall–Kier alpha value is 0.0600. The Morgan fingerprint density at radius 3 is 2.75 bits per heavy atom. The van der Waals surface area contributed by atoms with Gasteiger partial charge < -0.3 is 28.5 Å². The van der Waals surface area contributed by atoms with Crippen LogP contribution in [0.1, 0.15) is 42.3 Å². The van der Waals surface area contributed by atoms with Gasteiger partial charge in [-0.05, 0) is 23.8 Å². The fourth-order valence-corrected chi connectivity index (χ4v) is 4.72. The third kappa shape index (κ3) is 3.12. The number of thiophene rings is 1. The van der Waals surface area contributed by atoms with Crippen molar-refractivity contribution in [2.75, 3.05) is 26.2 Å². The molecule has 0 spiro atoms. The molecule has 1 aromatic heterocycles. The highest BCUT2D eigenvalue weighted by atomic mass is 127. The number of nitrogens with zero attached hydrogens (tertiary/aromatic N) is 1. The summed E-state index contributed by atoms with van der Waals surface area (Å²) in [4.78, 5) is 13.6. The third-order valence-corrected chi connectivity index (χ3v) is 6.07. The van der Waals surface area contributed by atoms with Gasteiger partial charge in [0.1, 0.15) is 0 Å². The molecular formula is C16H24INOS. The molecular weight excluding hydrogens is 381 g/mol. The minimum atomic E-state index is 0. The second-order valence-corrected chi connectivity index (χ2v) is 7.28. The number of rotatable bonds is 5. The zero-order valence-corrected chi connectivity index (χ0v) is 15.2. The molecule has 3 fully saturated rings. The number of Topliss-reactive ketones (excluding diaryl/α,β-unsaturated/α-hetero) is 1. The number of hydrogen-bond acceptors (Lipinski definition) is 2. The van der Waals surface area contributed by atoms with Crippen LogP contribution in [0.5, 0.6) is 0 Å². The number of quaternary nitrogens is 1. The molecule has 2 nitrogen and oxygen atoms in total. The molecule has 0 radical (unpaired) electrons. The standard InChI is InChI=1S/C16H24NOS.HI/c1-2-3-8-17-9-6-13(7-10-17)14(12-17)16(18)15-5-4-11-19-15;/h4-5,11,13-14H,2-3,6-10,12H2,1H3;1H/q+1;/p-1. The average molecular weight is 405 g/mol. The number of unbranched alkanes of at least 4 members (excludes halogenated alkanes) is 1. The van der Waals surface area contributed by atoms with Crippen molar-refractivity contribution in [1.29, 1.82) is 0 Å². The number of halogens is 1. The number of piperidine rings is 3. The summed E-state index contributed by atoms with van der Waals surface area (Å²) in [6.07, 6.45) is 5.12. The van der Waals surface area contributed by atoms with Crippen molar-refractivity contribution in [2.24, 2.45) is 11.8 Å². The Bertz CT molecular complexity index is 437. The Balaban J connectivity index is 0.00000147. The maximum absolute atomic E-state index is 12.7. The first-order chi connectivity index (χ1) is 9.24. The normalized spacial score (nSPS) is 31.9. The van der Waals surface area contributed by atoms with Crippen molar-refractivity contribution in [1.82, 2.24) is 0 Å². The molecule has 4 heterocycles. The number of fused-ring (bicyclic) bond motifs is 3. The van der Waals surface area contributed by atoms with Crippen LogP contribution in [-0.4, -0.2) is 36.4 Å². The van der Waals surface area contributed by atoms with E-state index in [0.717, 1.165) is 11.4 Å². The van der Waals surface area contributed by atoms with Gasteiger partial charge in [-0.1, -0.05) is 19.4 Å². The van der Waals surface area contributed by atoms with Crippen LogP contribution in [0.4, 0.5) is 0 Å². The molecule has 4 heteroatoms. The maximum atomic E-state index is 12.7. The smallest absolute Gasteiger partial charge is 0.181 e. The zero-order valence-electron chi connectivity index (χ0n) is 12.2. The predicted molar refractivity (Wildman–Crippen MR) is 79.5 cm³/mol. The van der Waals surface area contributed by atoms with Crippen LogP contribution < -0.4 is 24.0 Å². The fourth-order valence-electron chi connectivity index (χ4n) is 3.99.